The van der Waals surface area contributed by atoms with Crippen LogP contribution in [0, 0.1) is 0 Å². The molecule has 0 unspecified atom stereocenters. The van der Waals surface area contributed by atoms with Crippen molar-refractivity contribution in [2.75, 3.05) is 30.3 Å². The number of halogens is 3. The summed E-state index contributed by atoms with van der Waals surface area (Å²) in [4.78, 5) is 23.8. The van der Waals surface area contributed by atoms with Gasteiger partial charge >= 0.3 is 0 Å². The highest BCUT2D eigenvalue weighted by Crippen LogP contribution is 2.13. The molecule has 1 amide bonds. The summed E-state index contributed by atoms with van der Waals surface area (Å²) in [6.07, 6.45) is 3.22. The van der Waals surface area contributed by atoms with Gasteiger partial charge in [-0.3, -0.25) is 4.79 Å². The van der Waals surface area contributed by atoms with Crippen molar-refractivity contribution in [2.45, 2.75) is 38.1 Å². The molecule has 0 fully saturated rings. The van der Waals surface area contributed by atoms with Crippen molar-refractivity contribution >= 4 is 52.6 Å². The number of carbonyl (C=O) groups is 1. The minimum atomic E-state index is -1.01. The smallest absolute Gasteiger partial charge is 0.256 e. The first kappa shape index (κ1) is 25.4. The molecule has 0 saturated heterocycles. The number of nitrogens with zero attached hydrogens (tertiary/aromatic N) is 4. The maximum Gasteiger partial charge on any atom is 0.256 e. The molecule has 0 aliphatic rings. The zero-order valence-electron chi connectivity index (χ0n) is 16.1. The lowest BCUT2D eigenvalue weighted by atomic mass is 10.1. The molecule has 27 heavy (non-hydrogen) atoms. The summed E-state index contributed by atoms with van der Waals surface area (Å²) in [6, 6.07) is 0. The van der Waals surface area contributed by atoms with Gasteiger partial charge in [-0.25, -0.2) is 0 Å². The molecule has 1 heterocycles. The molecule has 0 bridgehead atoms. The van der Waals surface area contributed by atoms with Crippen molar-refractivity contribution in [3.05, 3.63) is 30.6 Å². The van der Waals surface area contributed by atoms with Crippen LogP contribution in [0.3, 0.4) is 0 Å². The second kappa shape index (κ2) is 12.8. The Morgan fingerprint density at radius 3 is 2.07 bits per heavy atom. The van der Waals surface area contributed by atoms with Gasteiger partial charge in [-0.05, 0) is 39.3 Å². The molecule has 152 valence electrons. The Hall–Kier alpha value is -1.57. The third-order valence-corrected chi connectivity index (χ3v) is 3.17. The van der Waals surface area contributed by atoms with Crippen LogP contribution < -0.4 is 10.6 Å². The predicted octanol–water partition coefficient (Wildman–Crippen LogP) is 4.16. The summed E-state index contributed by atoms with van der Waals surface area (Å²) < 4.78 is 0. The van der Waals surface area contributed by atoms with E-state index in [9.17, 15) is 4.79 Å². The molecule has 0 atom stereocenters. The van der Waals surface area contributed by atoms with E-state index in [0.717, 1.165) is 6.54 Å². The number of anilines is 2. The summed E-state index contributed by atoms with van der Waals surface area (Å²) in [7, 11) is 0. The highest BCUT2D eigenvalue weighted by atomic mass is 35.5. The van der Waals surface area contributed by atoms with E-state index in [0.29, 0.717) is 25.0 Å². The fourth-order valence-electron chi connectivity index (χ4n) is 1.68. The summed E-state index contributed by atoms with van der Waals surface area (Å²) in [5, 5.41) is 6.31. The first-order chi connectivity index (χ1) is 12.5. The van der Waals surface area contributed by atoms with Gasteiger partial charge in [0, 0.05) is 25.2 Å². The summed E-state index contributed by atoms with van der Waals surface area (Å²) >= 11 is 16.6. The molecule has 1 aromatic heterocycles. The van der Waals surface area contributed by atoms with Gasteiger partial charge in [0.1, 0.15) is 0 Å². The molecule has 0 saturated carbocycles. The standard InChI is InChI=1S/C9H16ClN5.C8H11Cl2NO/c1-5-11-7-12-6(10)13-8(14-7)15-9(2,3)4;1-3-5-11(6-4-2)8(12)7(9)10/h5H2,1-4H3,(H2,11,12,13,14,15);3-4,7H,1-2,5-6H2. The summed E-state index contributed by atoms with van der Waals surface area (Å²) in [5.41, 5.74) is -0.103. The van der Waals surface area contributed by atoms with E-state index < -0.39 is 4.84 Å². The number of rotatable bonds is 8. The van der Waals surface area contributed by atoms with Gasteiger partial charge in [0.15, 0.2) is 4.84 Å². The fraction of sp³-hybridized carbons (Fsp3) is 0.529. The van der Waals surface area contributed by atoms with Crippen molar-refractivity contribution in [2.24, 2.45) is 0 Å². The van der Waals surface area contributed by atoms with Gasteiger partial charge in [0.25, 0.3) is 5.91 Å². The van der Waals surface area contributed by atoms with Gasteiger partial charge in [-0.1, -0.05) is 35.4 Å². The molecule has 0 spiro atoms. The molecule has 7 nitrogen and oxygen atoms in total. The Morgan fingerprint density at radius 1 is 1.15 bits per heavy atom. The monoisotopic (exact) mass is 436 g/mol. The van der Waals surface area contributed by atoms with Crippen molar-refractivity contribution in [3.8, 4) is 0 Å². The molecule has 10 heteroatoms. The average Bonchev–Trinajstić information content (AvgIpc) is 2.52. The molecule has 0 aliphatic heterocycles. The number of nitrogens with one attached hydrogen (secondary N) is 2. The quantitative estimate of drug-likeness (QED) is 0.469. The Kier molecular flexibility index (Phi) is 12.0. The average molecular weight is 438 g/mol. The first-order valence-corrected chi connectivity index (χ1v) is 9.51. The molecule has 0 aliphatic carbocycles. The Balaban J connectivity index is 0.000000516. The van der Waals surface area contributed by atoms with Crippen LogP contribution in [0.1, 0.15) is 27.7 Å². The first-order valence-electron chi connectivity index (χ1n) is 8.26. The SMILES string of the molecule is C=CCN(CC=C)C(=O)C(Cl)Cl.CCNc1nc(Cl)nc(NC(C)(C)C)n1. The van der Waals surface area contributed by atoms with Crippen molar-refractivity contribution in [1.29, 1.82) is 0 Å². The minimum Gasteiger partial charge on any atom is -0.354 e. The molecule has 2 N–H and O–H groups in total. The highest BCUT2D eigenvalue weighted by Gasteiger charge is 2.17. The predicted molar refractivity (Wildman–Crippen MR) is 115 cm³/mol. The number of hydrogen-bond acceptors (Lipinski definition) is 6. The zero-order valence-corrected chi connectivity index (χ0v) is 18.4. The number of amides is 1. The molecular formula is C17H27Cl3N6O. The highest BCUT2D eigenvalue weighted by molar-refractivity contribution is 6.53. The molecule has 0 aromatic carbocycles. The van der Waals surface area contributed by atoms with Crippen LogP contribution in [0.2, 0.25) is 5.28 Å². The third kappa shape index (κ3) is 11.7. The van der Waals surface area contributed by atoms with Crippen LogP contribution in [-0.2, 0) is 4.79 Å². The molecule has 0 radical (unpaired) electrons. The van der Waals surface area contributed by atoms with Gasteiger partial charge in [0.05, 0.1) is 0 Å². The van der Waals surface area contributed by atoms with E-state index in [4.69, 9.17) is 34.8 Å². The second-order valence-electron chi connectivity index (χ2n) is 6.28. The summed E-state index contributed by atoms with van der Waals surface area (Å²) in [6.45, 7) is 16.7. The molecule has 1 aromatic rings. The van der Waals surface area contributed by atoms with Crippen LogP contribution >= 0.6 is 34.8 Å². The van der Waals surface area contributed by atoms with Gasteiger partial charge in [-0.2, -0.15) is 15.0 Å². The summed E-state index contributed by atoms with van der Waals surface area (Å²) in [5.74, 6) is 0.654. The van der Waals surface area contributed by atoms with E-state index in [2.05, 4.69) is 38.7 Å². The maximum atomic E-state index is 11.2. The largest absolute Gasteiger partial charge is 0.354 e. The lowest BCUT2D eigenvalue weighted by molar-refractivity contribution is -0.128. The van der Waals surface area contributed by atoms with E-state index in [1.54, 1.807) is 12.2 Å². The van der Waals surface area contributed by atoms with Crippen LogP contribution in [-0.4, -0.2) is 55.8 Å². The second-order valence-corrected chi connectivity index (χ2v) is 7.71. The van der Waals surface area contributed by atoms with Gasteiger partial charge < -0.3 is 15.5 Å². The van der Waals surface area contributed by atoms with Gasteiger partial charge in [0.2, 0.25) is 17.2 Å². The topological polar surface area (TPSA) is 83.0 Å². The molecular weight excluding hydrogens is 411 g/mol. The number of alkyl halides is 2. The fourth-order valence-corrected chi connectivity index (χ4v) is 2.12. The molecule has 1 rings (SSSR count). The normalized spacial score (nSPS) is 10.5. The Morgan fingerprint density at radius 2 is 1.67 bits per heavy atom. The minimum absolute atomic E-state index is 0.103. The van der Waals surface area contributed by atoms with Crippen LogP contribution in [0.5, 0.6) is 0 Å². The number of aromatic nitrogens is 3. The van der Waals surface area contributed by atoms with Crippen molar-refractivity contribution in [1.82, 2.24) is 19.9 Å². The van der Waals surface area contributed by atoms with E-state index in [1.807, 2.05) is 27.7 Å². The van der Waals surface area contributed by atoms with E-state index in [-0.39, 0.29) is 16.7 Å². The van der Waals surface area contributed by atoms with Gasteiger partial charge in [-0.15, -0.1) is 13.2 Å². The number of hydrogen-bond donors (Lipinski definition) is 2. The zero-order chi connectivity index (χ0) is 21.0. The Bertz CT molecular complexity index is 609. The van der Waals surface area contributed by atoms with Crippen molar-refractivity contribution < 1.29 is 4.79 Å². The van der Waals surface area contributed by atoms with Crippen LogP contribution in [0.15, 0.2) is 25.3 Å². The van der Waals surface area contributed by atoms with E-state index in [1.165, 1.54) is 4.90 Å². The maximum absolute atomic E-state index is 11.2. The Labute approximate surface area is 176 Å². The van der Waals surface area contributed by atoms with Crippen LogP contribution in [0.25, 0.3) is 0 Å². The van der Waals surface area contributed by atoms with E-state index >= 15 is 0 Å². The lowest BCUT2D eigenvalue weighted by Gasteiger charge is -2.20. The lowest BCUT2D eigenvalue weighted by Crippen LogP contribution is -2.35. The number of carbonyl (C=O) groups excluding carboxylic acids is 1. The van der Waals surface area contributed by atoms with Crippen LogP contribution in [0.4, 0.5) is 11.9 Å². The van der Waals surface area contributed by atoms with Crippen molar-refractivity contribution in [3.63, 3.8) is 0 Å². The third-order valence-electron chi connectivity index (χ3n) is 2.63.